The van der Waals surface area contributed by atoms with E-state index < -0.39 is 0 Å². The van der Waals surface area contributed by atoms with E-state index in [1.54, 1.807) is 12.1 Å². The Morgan fingerprint density at radius 1 is 1.04 bits per heavy atom. The van der Waals surface area contributed by atoms with Gasteiger partial charge >= 0.3 is 0 Å². The Labute approximate surface area is 146 Å². The number of hydrogen-bond acceptors (Lipinski definition) is 3. The van der Waals surface area contributed by atoms with E-state index in [-0.39, 0.29) is 16.5 Å². The van der Waals surface area contributed by atoms with Gasteiger partial charge in [-0.25, -0.2) is 0 Å². The molecule has 2 aromatic rings. The van der Waals surface area contributed by atoms with Crippen LogP contribution in [0.5, 0.6) is 0 Å². The second-order valence-electron chi connectivity index (χ2n) is 6.36. The molecule has 6 heteroatoms. The van der Waals surface area contributed by atoms with Gasteiger partial charge in [-0.3, -0.25) is 14.9 Å². The maximum atomic E-state index is 12.4. The van der Waals surface area contributed by atoms with Crippen LogP contribution in [-0.4, -0.2) is 41.9 Å². The summed E-state index contributed by atoms with van der Waals surface area (Å²) in [6.45, 7) is 3.64. The lowest BCUT2D eigenvalue weighted by Gasteiger charge is -2.32. The number of para-hydroxylation sites is 1. The lowest BCUT2D eigenvalue weighted by Crippen LogP contribution is -3.13. The molecule has 25 heavy (non-hydrogen) atoms. The fourth-order valence-electron chi connectivity index (χ4n) is 3.24. The first-order valence-electron chi connectivity index (χ1n) is 8.51. The molecule has 130 valence electrons. The molecule has 0 spiro atoms. The molecule has 0 bridgehead atoms. The van der Waals surface area contributed by atoms with Crippen molar-refractivity contribution in [2.45, 2.75) is 13.0 Å². The third-order valence-electron chi connectivity index (χ3n) is 4.65. The normalized spacial score (nSPS) is 15.1. The van der Waals surface area contributed by atoms with E-state index in [0.29, 0.717) is 26.1 Å². The zero-order valence-corrected chi connectivity index (χ0v) is 14.1. The summed E-state index contributed by atoms with van der Waals surface area (Å²) >= 11 is 0. The molecule has 0 atom stereocenters. The second-order valence-corrected chi connectivity index (χ2v) is 6.36. The molecule has 0 aliphatic carbocycles. The monoisotopic (exact) mass is 340 g/mol. The van der Waals surface area contributed by atoms with E-state index in [2.05, 4.69) is 0 Å². The molecule has 1 saturated heterocycles. The molecule has 0 saturated carbocycles. The fraction of sp³-hybridized carbons (Fsp3) is 0.316. The van der Waals surface area contributed by atoms with Crippen LogP contribution in [0.25, 0.3) is 0 Å². The van der Waals surface area contributed by atoms with Gasteiger partial charge in [0.15, 0.2) is 0 Å². The quantitative estimate of drug-likeness (QED) is 0.654. The summed E-state index contributed by atoms with van der Waals surface area (Å²) in [5.74, 6) is 0.149. The Bertz CT molecular complexity index is 741. The van der Waals surface area contributed by atoms with Crippen molar-refractivity contribution in [3.63, 3.8) is 0 Å². The van der Waals surface area contributed by atoms with E-state index in [0.717, 1.165) is 24.2 Å². The molecule has 2 aromatic carbocycles. The van der Waals surface area contributed by atoms with Crippen LogP contribution in [0.2, 0.25) is 0 Å². The lowest BCUT2D eigenvalue weighted by atomic mass is 10.1. The average molecular weight is 340 g/mol. The van der Waals surface area contributed by atoms with E-state index in [1.807, 2.05) is 47.4 Å². The highest BCUT2D eigenvalue weighted by atomic mass is 16.6. The third-order valence-corrected chi connectivity index (χ3v) is 4.65. The first-order valence-corrected chi connectivity index (χ1v) is 8.51. The number of nitro benzene ring substituents is 1. The van der Waals surface area contributed by atoms with Gasteiger partial charge in [-0.05, 0) is 11.6 Å². The van der Waals surface area contributed by atoms with Crippen LogP contribution in [0.3, 0.4) is 0 Å². The van der Waals surface area contributed by atoms with Gasteiger partial charge < -0.3 is 9.80 Å². The number of quaternary nitrogens is 1. The summed E-state index contributed by atoms with van der Waals surface area (Å²) in [6, 6.07) is 16.7. The molecular weight excluding hydrogens is 318 g/mol. The molecular formula is C19H22N3O3+. The Balaban J connectivity index is 1.54. The highest BCUT2D eigenvalue weighted by Crippen LogP contribution is 2.16. The molecule has 0 radical (unpaired) electrons. The number of carbonyl (C=O) groups excluding carboxylic acids is 1. The third kappa shape index (κ3) is 4.42. The average Bonchev–Trinajstić information content (AvgIpc) is 2.63. The van der Waals surface area contributed by atoms with Gasteiger partial charge in [0.05, 0.1) is 43.1 Å². The summed E-state index contributed by atoms with van der Waals surface area (Å²) in [7, 11) is 0. The lowest BCUT2D eigenvalue weighted by molar-refractivity contribution is -0.917. The zero-order valence-electron chi connectivity index (χ0n) is 14.1. The summed E-state index contributed by atoms with van der Waals surface area (Å²) in [5.41, 5.74) is 1.96. The second kappa shape index (κ2) is 7.90. The standard InChI is InChI=1S/C19H21N3O3/c23-19(14-16-6-2-1-3-7-16)21-12-10-20(11-13-21)15-17-8-4-5-9-18(17)22(24)25/h1-9H,10-15H2/p+1. The van der Waals surface area contributed by atoms with Crippen molar-refractivity contribution < 1.29 is 14.6 Å². The van der Waals surface area contributed by atoms with Crippen LogP contribution in [0.4, 0.5) is 5.69 Å². The molecule has 1 aliphatic heterocycles. The van der Waals surface area contributed by atoms with E-state index in [9.17, 15) is 14.9 Å². The highest BCUT2D eigenvalue weighted by Gasteiger charge is 2.25. The molecule has 3 rings (SSSR count). The van der Waals surface area contributed by atoms with Gasteiger partial charge in [-0.2, -0.15) is 0 Å². The Kier molecular flexibility index (Phi) is 5.40. The smallest absolute Gasteiger partial charge is 0.278 e. The van der Waals surface area contributed by atoms with E-state index >= 15 is 0 Å². The number of nitro groups is 1. The molecule has 0 aromatic heterocycles. The minimum absolute atomic E-state index is 0.149. The molecule has 6 nitrogen and oxygen atoms in total. The molecule has 1 N–H and O–H groups in total. The van der Waals surface area contributed by atoms with Gasteiger partial charge in [0.25, 0.3) is 5.69 Å². The van der Waals surface area contributed by atoms with Crippen LogP contribution in [0.15, 0.2) is 54.6 Å². The minimum atomic E-state index is -0.325. The molecule has 1 fully saturated rings. The van der Waals surface area contributed by atoms with Crippen molar-refractivity contribution in [1.29, 1.82) is 0 Å². The van der Waals surface area contributed by atoms with Crippen molar-refractivity contribution in [3.8, 4) is 0 Å². The Morgan fingerprint density at radius 3 is 2.36 bits per heavy atom. The van der Waals surface area contributed by atoms with E-state index in [1.165, 1.54) is 4.90 Å². The first-order chi connectivity index (χ1) is 12.1. The molecule has 0 unspecified atom stereocenters. The topological polar surface area (TPSA) is 67.9 Å². The fourth-order valence-corrected chi connectivity index (χ4v) is 3.24. The number of nitrogens with zero attached hydrogens (tertiary/aromatic N) is 2. The maximum absolute atomic E-state index is 12.4. The number of carbonyl (C=O) groups is 1. The largest absolute Gasteiger partial charge is 0.331 e. The van der Waals surface area contributed by atoms with Crippen molar-refractivity contribution >= 4 is 11.6 Å². The summed E-state index contributed by atoms with van der Waals surface area (Å²) in [4.78, 5) is 26.4. The summed E-state index contributed by atoms with van der Waals surface area (Å²) < 4.78 is 0. The van der Waals surface area contributed by atoms with Crippen molar-refractivity contribution in [2.24, 2.45) is 0 Å². The van der Waals surface area contributed by atoms with Crippen LogP contribution in [-0.2, 0) is 17.8 Å². The summed E-state index contributed by atoms with van der Waals surface area (Å²) in [6.07, 6.45) is 0.431. The first kappa shape index (κ1) is 17.1. The predicted molar refractivity (Wildman–Crippen MR) is 94.2 cm³/mol. The molecule has 1 aliphatic rings. The number of hydrogen-bond donors (Lipinski definition) is 1. The van der Waals surface area contributed by atoms with Crippen molar-refractivity contribution in [1.82, 2.24) is 4.90 Å². The zero-order chi connectivity index (χ0) is 17.6. The van der Waals surface area contributed by atoms with Crippen LogP contribution in [0.1, 0.15) is 11.1 Å². The summed E-state index contributed by atoms with van der Waals surface area (Å²) in [5, 5.41) is 11.1. The van der Waals surface area contributed by atoms with Gasteiger partial charge in [0.2, 0.25) is 5.91 Å². The Morgan fingerprint density at radius 2 is 1.68 bits per heavy atom. The predicted octanol–water partition coefficient (Wildman–Crippen LogP) is 1.06. The highest BCUT2D eigenvalue weighted by molar-refractivity contribution is 5.78. The van der Waals surface area contributed by atoms with Gasteiger partial charge in [-0.1, -0.05) is 42.5 Å². The number of nitrogens with one attached hydrogen (secondary N) is 1. The van der Waals surface area contributed by atoms with Crippen LogP contribution in [0, 0.1) is 10.1 Å². The van der Waals surface area contributed by atoms with Gasteiger partial charge in [0, 0.05) is 6.07 Å². The molecule has 1 heterocycles. The van der Waals surface area contributed by atoms with Crippen LogP contribution >= 0.6 is 0 Å². The van der Waals surface area contributed by atoms with Gasteiger partial charge in [-0.15, -0.1) is 0 Å². The van der Waals surface area contributed by atoms with Crippen molar-refractivity contribution in [3.05, 3.63) is 75.8 Å². The minimum Gasteiger partial charge on any atom is -0.331 e. The number of piperazine rings is 1. The number of amides is 1. The van der Waals surface area contributed by atoms with Crippen LogP contribution < -0.4 is 4.90 Å². The Hall–Kier alpha value is -2.73. The maximum Gasteiger partial charge on any atom is 0.278 e. The van der Waals surface area contributed by atoms with E-state index in [4.69, 9.17) is 0 Å². The number of rotatable bonds is 5. The van der Waals surface area contributed by atoms with Gasteiger partial charge in [0.1, 0.15) is 6.54 Å². The van der Waals surface area contributed by atoms with Crippen molar-refractivity contribution in [2.75, 3.05) is 26.2 Å². The SMILES string of the molecule is O=C(Cc1ccccc1)N1CC[NH+](Cc2ccccc2[N+](=O)[O-])CC1. The molecule has 1 amide bonds. The number of benzene rings is 2.